The standard InChI is InChI=1S/C8H7N3O.2ClH/c9-8(12)5-1-2-6-7(3-5)11-4-10-6;;/h1-2,4H,3H2,(H2,9,12);2*1H. The maximum Gasteiger partial charge on any atom is 0.245 e. The SMILES string of the molecule is Cl.Cl.NC(=O)C1=CC=C2N=CN=C2C1. The van der Waals surface area contributed by atoms with Crippen molar-refractivity contribution in [3.05, 3.63) is 23.4 Å². The predicted molar refractivity (Wildman–Crippen MR) is 60.4 cm³/mol. The Kier molecular flexibility index (Phi) is 4.53. The highest BCUT2D eigenvalue weighted by molar-refractivity contribution is 6.13. The van der Waals surface area contributed by atoms with Crippen LogP contribution in [0.5, 0.6) is 0 Å². The van der Waals surface area contributed by atoms with E-state index in [0.717, 1.165) is 11.4 Å². The lowest BCUT2D eigenvalue weighted by molar-refractivity contribution is -0.114. The molecule has 0 saturated heterocycles. The van der Waals surface area contributed by atoms with Gasteiger partial charge in [-0.1, -0.05) is 6.08 Å². The van der Waals surface area contributed by atoms with E-state index in [-0.39, 0.29) is 30.7 Å². The molecule has 2 aliphatic rings. The molecule has 1 aliphatic heterocycles. The zero-order valence-corrected chi connectivity index (χ0v) is 8.77. The fraction of sp³-hybridized carbons (Fsp3) is 0.125. The zero-order valence-electron chi connectivity index (χ0n) is 7.14. The minimum absolute atomic E-state index is 0. The summed E-state index contributed by atoms with van der Waals surface area (Å²) >= 11 is 0. The van der Waals surface area contributed by atoms with E-state index in [1.54, 1.807) is 12.2 Å². The number of allylic oxidation sites excluding steroid dienone is 3. The molecule has 6 heteroatoms. The van der Waals surface area contributed by atoms with E-state index < -0.39 is 0 Å². The van der Waals surface area contributed by atoms with Crippen LogP contribution < -0.4 is 5.73 Å². The van der Waals surface area contributed by atoms with Crippen molar-refractivity contribution in [3.63, 3.8) is 0 Å². The fourth-order valence-corrected chi connectivity index (χ4v) is 1.16. The molecule has 0 spiro atoms. The Labute approximate surface area is 93.5 Å². The molecule has 1 aliphatic carbocycles. The molecule has 4 nitrogen and oxygen atoms in total. The number of primary amides is 1. The van der Waals surface area contributed by atoms with E-state index in [4.69, 9.17) is 5.73 Å². The quantitative estimate of drug-likeness (QED) is 0.722. The third-order valence-corrected chi connectivity index (χ3v) is 1.82. The number of rotatable bonds is 1. The van der Waals surface area contributed by atoms with Crippen LogP contribution in [-0.4, -0.2) is 18.0 Å². The van der Waals surface area contributed by atoms with Crippen LogP contribution in [0.2, 0.25) is 0 Å². The molecule has 0 radical (unpaired) electrons. The van der Waals surface area contributed by atoms with E-state index >= 15 is 0 Å². The number of nitrogens with zero attached hydrogens (tertiary/aromatic N) is 2. The topological polar surface area (TPSA) is 67.8 Å². The Bertz CT molecular complexity index is 369. The van der Waals surface area contributed by atoms with Gasteiger partial charge in [0.05, 0.1) is 11.4 Å². The number of aliphatic imine (C=N–C) groups is 2. The van der Waals surface area contributed by atoms with Crippen molar-refractivity contribution >= 4 is 42.8 Å². The Morgan fingerprint density at radius 2 is 2.07 bits per heavy atom. The van der Waals surface area contributed by atoms with Gasteiger partial charge in [-0.2, -0.15) is 0 Å². The van der Waals surface area contributed by atoms with Crippen molar-refractivity contribution in [3.8, 4) is 0 Å². The van der Waals surface area contributed by atoms with Crippen molar-refractivity contribution in [2.75, 3.05) is 0 Å². The molecule has 0 unspecified atom stereocenters. The Hall–Kier alpha value is -1.13. The van der Waals surface area contributed by atoms with E-state index in [1.165, 1.54) is 6.34 Å². The van der Waals surface area contributed by atoms with Crippen LogP contribution in [0.4, 0.5) is 0 Å². The molecular weight excluding hydrogens is 225 g/mol. The summed E-state index contributed by atoms with van der Waals surface area (Å²) in [5.74, 6) is -0.389. The third kappa shape index (κ3) is 2.21. The molecular formula is C8H9Cl2N3O. The second kappa shape index (κ2) is 4.93. The maximum atomic E-state index is 10.8. The molecule has 0 fully saturated rings. The van der Waals surface area contributed by atoms with E-state index in [0.29, 0.717) is 12.0 Å². The molecule has 0 atom stereocenters. The zero-order chi connectivity index (χ0) is 8.55. The molecule has 0 aromatic rings. The van der Waals surface area contributed by atoms with E-state index in [1.807, 2.05) is 0 Å². The van der Waals surface area contributed by atoms with Crippen LogP contribution in [0.3, 0.4) is 0 Å². The summed E-state index contributed by atoms with van der Waals surface area (Å²) in [6.07, 6.45) is 5.44. The summed E-state index contributed by atoms with van der Waals surface area (Å²) in [5.41, 5.74) is 7.36. The largest absolute Gasteiger partial charge is 0.366 e. The summed E-state index contributed by atoms with van der Waals surface area (Å²) in [6.45, 7) is 0. The van der Waals surface area contributed by atoms with Crippen LogP contribution in [0.25, 0.3) is 0 Å². The first kappa shape index (κ1) is 12.9. The predicted octanol–water partition coefficient (Wildman–Crippen LogP) is 1.01. The summed E-state index contributed by atoms with van der Waals surface area (Å²) in [7, 11) is 0. The lowest BCUT2D eigenvalue weighted by atomic mass is 10.0. The van der Waals surface area contributed by atoms with Gasteiger partial charge in [-0.05, 0) is 6.08 Å². The normalized spacial score (nSPS) is 16.7. The number of amides is 1. The van der Waals surface area contributed by atoms with Crippen LogP contribution >= 0.6 is 24.8 Å². The Morgan fingerprint density at radius 3 is 2.71 bits per heavy atom. The number of carbonyl (C=O) groups is 1. The van der Waals surface area contributed by atoms with Crippen LogP contribution in [-0.2, 0) is 4.79 Å². The van der Waals surface area contributed by atoms with Gasteiger partial charge in [0.1, 0.15) is 6.34 Å². The van der Waals surface area contributed by atoms with Crippen molar-refractivity contribution in [1.82, 2.24) is 0 Å². The van der Waals surface area contributed by atoms with Gasteiger partial charge in [0.25, 0.3) is 0 Å². The number of hydrogen-bond donors (Lipinski definition) is 1. The van der Waals surface area contributed by atoms with Crippen molar-refractivity contribution in [2.45, 2.75) is 6.42 Å². The van der Waals surface area contributed by atoms with E-state index in [2.05, 4.69) is 9.98 Å². The summed E-state index contributed by atoms with van der Waals surface area (Å²) in [6, 6.07) is 0. The lowest BCUT2D eigenvalue weighted by Crippen LogP contribution is -2.18. The van der Waals surface area contributed by atoms with Gasteiger partial charge in [0.2, 0.25) is 5.91 Å². The van der Waals surface area contributed by atoms with Gasteiger partial charge < -0.3 is 5.73 Å². The smallest absolute Gasteiger partial charge is 0.245 e. The highest BCUT2D eigenvalue weighted by Gasteiger charge is 2.18. The molecule has 2 rings (SSSR count). The molecule has 0 aromatic heterocycles. The van der Waals surface area contributed by atoms with Crippen LogP contribution in [0.1, 0.15) is 6.42 Å². The molecule has 14 heavy (non-hydrogen) atoms. The molecule has 1 amide bonds. The first-order valence-electron chi connectivity index (χ1n) is 3.57. The minimum atomic E-state index is -0.389. The first-order chi connectivity index (χ1) is 5.77. The van der Waals surface area contributed by atoms with Crippen LogP contribution in [0, 0.1) is 0 Å². The maximum absolute atomic E-state index is 10.8. The van der Waals surface area contributed by atoms with E-state index in [9.17, 15) is 4.79 Å². The minimum Gasteiger partial charge on any atom is -0.366 e. The number of halogens is 2. The molecule has 1 heterocycles. The highest BCUT2D eigenvalue weighted by Crippen LogP contribution is 2.19. The summed E-state index contributed by atoms with van der Waals surface area (Å²) in [5, 5.41) is 0. The molecule has 76 valence electrons. The Morgan fingerprint density at radius 1 is 1.36 bits per heavy atom. The average molecular weight is 234 g/mol. The third-order valence-electron chi connectivity index (χ3n) is 1.82. The second-order valence-electron chi connectivity index (χ2n) is 2.61. The van der Waals surface area contributed by atoms with Gasteiger partial charge in [0.15, 0.2) is 0 Å². The lowest BCUT2D eigenvalue weighted by Gasteiger charge is -2.07. The van der Waals surface area contributed by atoms with Gasteiger partial charge in [-0.3, -0.25) is 4.79 Å². The average Bonchev–Trinajstić information content (AvgIpc) is 2.49. The molecule has 0 bridgehead atoms. The van der Waals surface area contributed by atoms with Crippen molar-refractivity contribution in [1.29, 1.82) is 0 Å². The Balaban J connectivity index is 0.000000845. The van der Waals surface area contributed by atoms with Gasteiger partial charge >= 0.3 is 0 Å². The fourth-order valence-electron chi connectivity index (χ4n) is 1.16. The second-order valence-corrected chi connectivity index (χ2v) is 2.61. The monoisotopic (exact) mass is 233 g/mol. The van der Waals surface area contributed by atoms with Crippen molar-refractivity contribution in [2.24, 2.45) is 15.7 Å². The number of fused-ring (bicyclic) bond motifs is 1. The highest BCUT2D eigenvalue weighted by atomic mass is 35.5. The number of hydrogen-bond acceptors (Lipinski definition) is 3. The van der Waals surface area contributed by atoms with Crippen molar-refractivity contribution < 1.29 is 4.79 Å². The van der Waals surface area contributed by atoms with Gasteiger partial charge in [-0.25, -0.2) is 9.98 Å². The molecule has 2 N–H and O–H groups in total. The number of carbonyl (C=O) groups excluding carboxylic acids is 1. The summed E-state index contributed by atoms with van der Waals surface area (Å²) in [4.78, 5) is 18.8. The van der Waals surface area contributed by atoms with Crippen LogP contribution in [0.15, 0.2) is 33.4 Å². The van der Waals surface area contributed by atoms with Gasteiger partial charge in [-0.15, -0.1) is 24.8 Å². The molecule has 0 aromatic carbocycles. The van der Waals surface area contributed by atoms with Gasteiger partial charge in [0, 0.05) is 12.0 Å². The summed E-state index contributed by atoms with van der Waals surface area (Å²) < 4.78 is 0. The first-order valence-corrected chi connectivity index (χ1v) is 3.57. The molecule has 0 saturated carbocycles. The number of nitrogens with two attached hydrogens (primary N) is 1.